The lowest BCUT2D eigenvalue weighted by atomic mass is 10.1. The van der Waals surface area contributed by atoms with Gasteiger partial charge in [0.15, 0.2) is 0 Å². The molecule has 0 unspecified atom stereocenters. The summed E-state index contributed by atoms with van der Waals surface area (Å²) in [5.41, 5.74) is 2.33. The van der Waals surface area contributed by atoms with Gasteiger partial charge in [0.2, 0.25) is 0 Å². The molecule has 128 valence electrons. The first kappa shape index (κ1) is 17.8. The minimum atomic E-state index is -0.174. The topological polar surface area (TPSA) is 63.2 Å². The van der Waals surface area contributed by atoms with Crippen molar-refractivity contribution in [3.63, 3.8) is 0 Å². The van der Waals surface area contributed by atoms with Crippen molar-refractivity contribution in [2.75, 3.05) is 19.0 Å². The van der Waals surface area contributed by atoms with Crippen LogP contribution in [-0.2, 0) is 6.42 Å². The lowest BCUT2D eigenvalue weighted by Gasteiger charge is -2.21. The standard InChI is InChI=1S/C19H25N3O2/c1-19(2,3)22-15-9-10-16(21-13-15)18(23)20-12-11-14-7-5-6-8-17(14)24-4/h5-10,13,22H,11-12H2,1-4H3,(H,20,23). The number of pyridine rings is 1. The van der Waals surface area contributed by atoms with Crippen LogP contribution in [0.5, 0.6) is 5.75 Å². The van der Waals surface area contributed by atoms with Crippen molar-refractivity contribution < 1.29 is 9.53 Å². The first-order valence-electron chi connectivity index (χ1n) is 8.03. The second-order valence-corrected chi connectivity index (χ2v) is 6.62. The maximum absolute atomic E-state index is 12.2. The molecule has 24 heavy (non-hydrogen) atoms. The van der Waals surface area contributed by atoms with E-state index >= 15 is 0 Å². The number of anilines is 1. The molecule has 0 radical (unpaired) electrons. The number of rotatable bonds is 6. The number of amides is 1. The molecule has 0 atom stereocenters. The number of methoxy groups -OCH3 is 1. The van der Waals surface area contributed by atoms with Crippen LogP contribution in [0.1, 0.15) is 36.8 Å². The summed E-state index contributed by atoms with van der Waals surface area (Å²) in [6.45, 7) is 6.76. The fourth-order valence-corrected chi connectivity index (χ4v) is 2.35. The number of nitrogens with one attached hydrogen (secondary N) is 2. The number of carbonyl (C=O) groups excluding carboxylic acids is 1. The number of nitrogens with zero attached hydrogens (tertiary/aromatic N) is 1. The molecule has 0 aliphatic carbocycles. The third-order valence-electron chi connectivity index (χ3n) is 3.39. The molecule has 0 bridgehead atoms. The summed E-state index contributed by atoms with van der Waals surface area (Å²) in [6.07, 6.45) is 2.39. The van der Waals surface area contributed by atoms with Crippen molar-refractivity contribution in [3.8, 4) is 5.75 Å². The highest BCUT2D eigenvalue weighted by molar-refractivity contribution is 5.92. The van der Waals surface area contributed by atoms with Crippen LogP contribution in [0.3, 0.4) is 0 Å². The Morgan fingerprint density at radius 3 is 2.54 bits per heavy atom. The molecular weight excluding hydrogens is 302 g/mol. The van der Waals surface area contributed by atoms with Crippen LogP contribution in [-0.4, -0.2) is 30.1 Å². The molecule has 2 rings (SSSR count). The third kappa shape index (κ3) is 5.26. The number of hydrogen-bond acceptors (Lipinski definition) is 4. The molecular formula is C19H25N3O2. The molecule has 2 N–H and O–H groups in total. The van der Waals surface area contributed by atoms with Crippen LogP contribution in [0, 0.1) is 0 Å². The van der Waals surface area contributed by atoms with E-state index in [-0.39, 0.29) is 11.4 Å². The SMILES string of the molecule is COc1ccccc1CCNC(=O)c1ccc(NC(C)(C)C)cn1. The molecule has 2 aromatic rings. The van der Waals surface area contributed by atoms with Gasteiger partial charge in [-0.15, -0.1) is 0 Å². The summed E-state index contributed by atoms with van der Waals surface area (Å²) < 4.78 is 5.31. The molecule has 0 saturated carbocycles. The Morgan fingerprint density at radius 1 is 1.17 bits per heavy atom. The minimum absolute atomic E-state index is 0.0415. The van der Waals surface area contributed by atoms with Gasteiger partial charge in [-0.25, -0.2) is 4.98 Å². The van der Waals surface area contributed by atoms with Crippen molar-refractivity contribution in [1.82, 2.24) is 10.3 Å². The zero-order valence-corrected chi connectivity index (χ0v) is 14.7. The Morgan fingerprint density at radius 2 is 1.92 bits per heavy atom. The summed E-state index contributed by atoms with van der Waals surface area (Å²) >= 11 is 0. The van der Waals surface area contributed by atoms with Crippen molar-refractivity contribution in [3.05, 3.63) is 53.9 Å². The predicted molar refractivity (Wildman–Crippen MR) is 96.6 cm³/mol. The number of carbonyl (C=O) groups is 1. The molecule has 5 nitrogen and oxygen atoms in total. The number of hydrogen-bond donors (Lipinski definition) is 2. The molecule has 0 aliphatic rings. The van der Waals surface area contributed by atoms with E-state index in [1.54, 1.807) is 19.4 Å². The highest BCUT2D eigenvalue weighted by Crippen LogP contribution is 2.17. The summed E-state index contributed by atoms with van der Waals surface area (Å²) in [6, 6.07) is 11.4. The normalized spacial score (nSPS) is 11.0. The van der Waals surface area contributed by atoms with Crippen molar-refractivity contribution >= 4 is 11.6 Å². The molecule has 0 aliphatic heterocycles. The largest absolute Gasteiger partial charge is 0.496 e. The van der Waals surface area contributed by atoms with Gasteiger partial charge in [-0.1, -0.05) is 18.2 Å². The van der Waals surface area contributed by atoms with E-state index in [1.165, 1.54) is 0 Å². The van der Waals surface area contributed by atoms with Gasteiger partial charge in [0.25, 0.3) is 5.91 Å². The fourth-order valence-electron chi connectivity index (χ4n) is 2.35. The lowest BCUT2D eigenvalue weighted by molar-refractivity contribution is 0.0949. The Hall–Kier alpha value is -2.56. The van der Waals surface area contributed by atoms with E-state index in [9.17, 15) is 4.79 Å². The van der Waals surface area contributed by atoms with Crippen LogP contribution in [0.2, 0.25) is 0 Å². The summed E-state index contributed by atoms with van der Waals surface area (Å²) in [5.74, 6) is 0.662. The van der Waals surface area contributed by atoms with Crippen LogP contribution in [0.15, 0.2) is 42.6 Å². The second-order valence-electron chi connectivity index (χ2n) is 6.62. The minimum Gasteiger partial charge on any atom is -0.496 e. The number of aromatic nitrogens is 1. The van der Waals surface area contributed by atoms with Crippen LogP contribution < -0.4 is 15.4 Å². The first-order chi connectivity index (χ1) is 11.4. The van der Waals surface area contributed by atoms with Gasteiger partial charge in [0, 0.05) is 12.1 Å². The van der Waals surface area contributed by atoms with Crippen molar-refractivity contribution in [2.24, 2.45) is 0 Å². The Labute approximate surface area is 143 Å². The molecule has 0 fully saturated rings. The molecule has 0 saturated heterocycles. The zero-order chi connectivity index (χ0) is 17.6. The highest BCUT2D eigenvalue weighted by atomic mass is 16.5. The lowest BCUT2D eigenvalue weighted by Crippen LogP contribution is -2.27. The second kappa shape index (κ2) is 7.81. The van der Waals surface area contributed by atoms with E-state index < -0.39 is 0 Å². The predicted octanol–water partition coefficient (Wildman–Crippen LogP) is 3.27. The first-order valence-corrected chi connectivity index (χ1v) is 8.03. The summed E-state index contributed by atoms with van der Waals surface area (Å²) in [4.78, 5) is 16.4. The van der Waals surface area contributed by atoms with E-state index in [4.69, 9.17) is 4.74 Å². The quantitative estimate of drug-likeness (QED) is 0.855. The molecule has 0 spiro atoms. The van der Waals surface area contributed by atoms with E-state index in [0.717, 1.165) is 17.0 Å². The highest BCUT2D eigenvalue weighted by Gasteiger charge is 2.11. The smallest absolute Gasteiger partial charge is 0.269 e. The monoisotopic (exact) mass is 327 g/mol. The Bertz CT molecular complexity index is 676. The van der Waals surface area contributed by atoms with E-state index in [2.05, 4.69) is 36.4 Å². The average molecular weight is 327 g/mol. The zero-order valence-electron chi connectivity index (χ0n) is 14.7. The maximum atomic E-state index is 12.2. The van der Waals surface area contributed by atoms with Gasteiger partial charge in [0.1, 0.15) is 11.4 Å². The maximum Gasteiger partial charge on any atom is 0.269 e. The van der Waals surface area contributed by atoms with Gasteiger partial charge in [0.05, 0.1) is 19.0 Å². The molecule has 1 heterocycles. The number of ether oxygens (including phenoxy) is 1. The molecule has 1 aromatic carbocycles. The van der Waals surface area contributed by atoms with Gasteiger partial charge < -0.3 is 15.4 Å². The van der Waals surface area contributed by atoms with Crippen LogP contribution >= 0.6 is 0 Å². The molecule has 1 aromatic heterocycles. The van der Waals surface area contributed by atoms with Gasteiger partial charge >= 0.3 is 0 Å². The van der Waals surface area contributed by atoms with Gasteiger partial charge in [-0.2, -0.15) is 0 Å². The van der Waals surface area contributed by atoms with E-state index in [0.29, 0.717) is 18.7 Å². The van der Waals surface area contributed by atoms with Crippen LogP contribution in [0.4, 0.5) is 5.69 Å². The Kier molecular flexibility index (Phi) is 5.79. The van der Waals surface area contributed by atoms with Crippen LogP contribution in [0.25, 0.3) is 0 Å². The average Bonchev–Trinajstić information content (AvgIpc) is 2.54. The van der Waals surface area contributed by atoms with E-state index in [1.807, 2.05) is 30.3 Å². The molecule has 1 amide bonds. The van der Waals surface area contributed by atoms with Crippen molar-refractivity contribution in [2.45, 2.75) is 32.7 Å². The van der Waals surface area contributed by atoms with Gasteiger partial charge in [-0.05, 0) is 51.0 Å². The third-order valence-corrected chi connectivity index (χ3v) is 3.39. The number of benzene rings is 1. The molecule has 5 heteroatoms. The fraction of sp³-hybridized carbons (Fsp3) is 0.368. The van der Waals surface area contributed by atoms with Crippen molar-refractivity contribution in [1.29, 1.82) is 0 Å². The Balaban J connectivity index is 1.88. The van der Waals surface area contributed by atoms with Gasteiger partial charge in [-0.3, -0.25) is 4.79 Å². The summed E-state index contributed by atoms with van der Waals surface area (Å²) in [5, 5.41) is 6.21. The summed E-state index contributed by atoms with van der Waals surface area (Å²) in [7, 11) is 1.65. The number of para-hydroxylation sites is 1.